The fourth-order valence-corrected chi connectivity index (χ4v) is 2.24. The van der Waals surface area contributed by atoms with Crippen molar-refractivity contribution < 1.29 is 4.79 Å². The van der Waals surface area contributed by atoms with E-state index >= 15 is 0 Å². The number of benzene rings is 1. The monoisotopic (exact) mass is 336 g/mol. The Hall–Kier alpha value is -1.82. The summed E-state index contributed by atoms with van der Waals surface area (Å²) in [6.45, 7) is 4.03. The summed E-state index contributed by atoms with van der Waals surface area (Å²) in [5.74, 6) is -0.308. The summed E-state index contributed by atoms with van der Waals surface area (Å²) in [6.07, 6.45) is 1.72. The number of rotatable bonds is 4. The van der Waals surface area contributed by atoms with E-state index in [1.165, 1.54) is 0 Å². The van der Waals surface area contributed by atoms with Gasteiger partial charge in [-0.05, 0) is 31.0 Å². The Labute approximate surface area is 126 Å². The lowest BCUT2D eigenvalue weighted by molar-refractivity contribution is 0.102. The van der Waals surface area contributed by atoms with Gasteiger partial charge in [-0.25, -0.2) is 0 Å². The van der Waals surface area contributed by atoms with E-state index in [2.05, 4.69) is 31.4 Å². The molecular formula is C14H17BrN4O. The molecule has 1 aromatic carbocycles. The lowest BCUT2D eigenvalue weighted by Gasteiger charge is -2.06. The Morgan fingerprint density at radius 2 is 2.25 bits per heavy atom. The molecule has 106 valence electrons. The average molecular weight is 337 g/mol. The molecule has 0 unspecified atom stereocenters. The van der Waals surface area contributed by atoms with Crippen LogP contribution in [-0.4, -0.2) is 16.1 Å². The molecule has 20 heavy (non-hydrogen) atoms. The number of carbonyl (C=O) groups is 1. The van der Waals surface area contributed by atoms with Crippen LogP contribution in [0.15, 0.2) is 22.7 Å². The molecule has 6 heteroatoms. The van der Waals surface area contributed by atoms with Gasteiger partial charge in [0, 0.05) is 10.2 Å². The first-order valence-corrected chi connectivity index (χ1v) is 7.22. The van der Waals surface area contributed by atoms with Crippen LogP contribution in [0.1, 0.15) is 35.1 Å². The quantitative estimate of drug-likeness (QED) is 0.801. The fourth-order valence-electron chi connectivity index (χ4n) is 1.86. The lowest BCUT2D eigenvalue weighted by Crippen LogP contribution is -2.14. The van der Waals surface area contributed by atoms with Crippen molar-refractivity contribution >= 4 is 33.2 Å². The summed E-state index contributed by atoms with van der Waals surface area (Å²) in [5.41, 5.74) is 9.21. The summed E-state index contributed by atoms with van der Waals surface area (Å²) >= 11 is 3.43. The number of anilines is 2. The lowest BCUT2D eigenvalue weighted by atomic mass is 10.2. The molecule has 1 heterocycles. The van der Waals surface area contributed by atoms with Gasteiger partial charge in [-0.1, -0.05) is 35.3 Å². The molecule has 5 nitrogen and oxygen atoms in total. The Morgan fingerprint density at radius 3 is 2.90 bits per heavy atom. The number of nitrogens with one attached hydrogen (secondary N) is 2. The molecule has 2 aromatic rings. The third-order valence-corrected chi connectivity index (χ3v) is 3.88. The zero-order chi connectivity index (χ0) is 14.7. The predicted molar refractivity (Wildman–Crippen MR) is 83.8 cm³/mol. The number of aryl methyl sites for hydroxylation is 2. The zero-order valence-corrected chi connectivity index (χ0v) is 13.0. The Morgan fingerprint density at radius 1 is 1.50 bits per heavy atom. The minimum atomic E-state index is -0.308. The molecule has 0 aliphatic rings. The van der Waals surface area contributed by atoms with Gasteiger partial charge in [-0.3, -0.25) is 9.89 Å². The van der Waals surface area contributed by atoms with Crippen LogP contribution in [0.25, 0.3) is 0 Å². The van der Waals surface area contributed by atoms with Crippen LogP contribution in [0, 0.1) is 6.92 Å². The second kappa shape index (κ2) is 6.09. The number of amides is 1. The van der Waals surface area contributed by atoms with E-state index in [4.69, 9.17) is 5.73 Å². The third kappa shape index (κ3) is 3.01. The van der Waals surface area contributed by atoms with Crippen LogP contribution in [0.4, 0.5) is 11.4 Å². The first-order chi connectivity index (χ1) is 9.52. The SMILES string of the molecule is CCCc1[nH]nc(C(=O)Nc2ccc(C)c(Br)c2)c1N. The fraction of sp³-hybridized carbons (Fsp3) is 0.286. The van der Waals surface area contributed by atoms with Crippen molar-refractivity contribution in [2.45, 2.75) is 26.7 Å². The van der Waals surface area contributed by atoms with Crippen LogP contribution in [0.3, 0.4) is 0 Å². The predicted octanol–water partition coefficient (Wildman–Crippen LogP) is 3.27. The van der Waals surface area contributed by atoms with Crippen molar-refractivity contribution in [3.8, 4) is 0 Å². The van der Waals surface area contributed by atoms with E-state index in [0.29, 0.717) is 11.4 Å². The highest BCUT2D eigenvalue weighted by Gasteiger charge is 2.17. The molecule has 1 aromatic heterocycles. The molecule has 0 saturated carbocycles. The summed E-state index contributed by atoms with van der Waals surface area (Å²) in [6, 6.07) is 5.62. The Bertz CT molecular complexity index is 636. The van der Waals surface area contributed by atoms with Crippen LogP contribution >= 0.6 is 15.9 Å². The van der Waals surface area contributed by atoms with Gasteiger partial charge < -0.3 is 11.1 Å². The first kappa shape index (κ1) is 14.6. The number of nitrogen functional groups attached to an aromatic ring is 1. The van der Waals surface area contributed by atoms with Crippen molar-refractivity contribution in [2.75, 3.05) is 11.1 Å². The van der Waals surface area contributed by atoms with E-state index in [1.54, 1.807) is 0 Å². The zero-order valence-electron chi connectivity index (χ0n) is 11.5. The van der Waals surface area contributed by atoms with Gasteiger partial charge in [0.2, 0.25) is 0 Å². The highest BCUT2D eigenvalue weighted by Crippen LogP contribution is 2.22. The Balaban J connectivity index is 2.17. The van der Waals surface area contributed by atoms with E-state index < -0.39 is 0 Å². The van der Waals surface area contributed by atoms with Crippen LogP contribution in [0.5, 0.6) is 0 Å². The van der Waals surface area contributed by atoms with Crippen LogP contribution < -0.4 is 11.1 Å². The first-order valence-electron chi connectivity index (χ1n) is 6.43. The molecule has 0 spiro atoms. The molecular weight excluding hydrogens is 320 g/mol. The smallest absolute Gasteiger partial charge is 0.278 e. The van der Waals surface area contributed by atoms with Crippen molar-refractivity contribution in [3.63, 3.8) is 0 Å². The summed E-state index contributed by atoms with van der Waals surface area (Å²) < 4.78 is 0.942. The van der Waals surface area contributed by atoms with Gasteiger partial charge in [-0.15, -0.1) is 0 Å². The molecule has 1 amide bonds. The van der Waals surface area contributed by atoms with Crippen molar-refractivity contribution in [2.24, 2.45) is 0 Å². The standard InChI is InChI=1S/C14H17BrN4O/c1-3-4-11-12(16)13(19-18-11)14(20)17-9-6-5-8(2)10(15)7-9/h5-7H,3-4,16H2,1-2H3,(H,17,20)(H,18,19). The van der Waals surface area contributed by atoms with Crippen molar-refractivity contribution in [1.29, 1.82) is 0 Å². The molecule has 0 atom stereocenters. The van der Waals surface area contributed by atoms with Gasteiger partial charge in [0.1, 0.15) is 0 Å². The van der Waals surface area contributed by atoms with Crippen LogP contribution in [0.2, 0.25) is 0 Å². The van der Waals surface area contributed by atoms with E-state index in [-0.39, 0.29) is 11.6 Å². The third-order valence-electron chi connectivity index (χ3n) is 3.03. The second-order valence-electron chi connectivity index (χ2n) is 4.63. The Kier molecular flexibility index (Phi) is 4.44. The summed E-state index contributed by atoms with van der Waals surface area (Å²) in [5, 5.41) is 9.60. The minimum Gasteiger partial charge on any atom is -0.395 e. The maximum absolute atomic E-state index is 12.2. The highest BCUT2D eigenvalue weighted by molar-refractivity contribution is 9.10. The normalized spacial score (nSPS) is 10.6. The average Bonchev–Trinajstić information content (AvgIpc) is 2.76. The van der Waals surface area contributed by atoms with Crippen molar-refractivity contribution in [3.05, 3.63) is 39.6 Å². The number of hydrogen-bond acceptors (Lipinski definition) is 3. The summed E-state index contributed by atoms with van der Waals surface area (Å²) in [4.78, 5) is 12.2. The molecule has 0 radical (unpaired) electrons. The molecule has 0 fully saturated rings. The molecule has 0 bridgehead atoms. The molecule has 0 aliphatic carbocycles. The number of nitrogens with zero attached hydrogens (tertiary/aromatic N) is 1. The molecule has 4 N–H and O–H groups in total. The largest absolute Gasteiger partial charge is 0.395 e. The van der Waals surface area contributed by atoms with E-state index in [0.717, 1.165) is 28.6 Å². The van der Waals surface area contributed by atoms with Gasteiger partial charge in [0.25, 0.3) is 5.91 Å². The molecule has 2 rings (SSSR count). The topological polar surface area (TPSA) is 83.8 Å². The van der Waals surface area contributed by atoms with Gasteiger partial charge in [0.05, 0.1) is 11.4 Å². The molecule has 0 aliphatic heterocycles. The van der Waals surface area contributed by atoms with E-state index in [1.807, 2.05) is 32.0 Å². The number of aromatic amines is 1. The van der Waals surface area contributed by atoms with Gasteiger partial charge in [0.15, 0.2) is 5.69 Å². The van der Waals surface area contributed by atoms with Crippen LogP contribution in [-0.2, 0) is 6.42 Å². The molecule has 0 saturated heterocycles. The maximum Gasteiger partial charge on any atom is 0.278 e. The van der Waals surface area contributed by atoms with E-state index in [9.17, 15) is 4.79 Å². The number of nitrogens with two attached hydrogens (primary N) is 1. The number of hydrogen-bond donors (Lipinski definition) is 3. The van der Waals surface area contributed by atoms with Gasteiger partial charge in [-0.2, -0.15) is 5.10 Å². The maximum atomic E-state index is 12.2. The number of H-pyrrole nitrogens is 1. The van der Waals surface area contributed by atoms with Gasteiger partial charge >= 0.3 is 0 Å². The number of aromatic nitrogens is 2. The number of carbonyl (C=O) groups excluding carboxylic acids is 1. The second-order valence-corrected chi connectivity index (χ2v) is 5.49. The highest BCUT2D eigenvalue weighted by atomic mass is 79.9. The number of halogens is 1. The minimum absolute atomic E-state index is 0.241. The summed E-state index contributed by atoms with van der Waals surface area (Å²) in [7, 11) is 0. The van der Waals surface area contributed by atoms with Crippen molar-refractivity contribution in [1.82, 2.24) is 10.2 Å².